The second-order valence-corrected chi connectivity index (χ2v) is 8.77. The van der Waals surface area contributed by atoms with Crippen molar-refractivity contribution in [1.29, 1.82) is 0 Å². The van der Waals surface area contributed by atoms with E-state index in [-0.39, 0.29) is 24.9 Å². The number of nitrogens with zero attached hydrogens (tertiary/aromatic N) is 2. The third-order valence-corrected chi connectivity index (χ3v) is 5.90. The lowest BCUT2D eigenvalue weighted by Gasteiger charge is -2.29. The Morgan fingerprint density at radius 3 is 2.61 bits per heavy atom. The van der Waals surface area contributed by atoms with Gasteiger partial charge in [-0.25, -0.2) is 4.79 Å². The zero-order chi connectivity index (χ0) is 26.3. The number of alkyl carbamates (subject to hydrolysis) is 1. The van der Waals surface area contributed by atoms with Crippen molar-refractivity contribution >= 4 is 30.2 Å². The number of unbranched alkanes of at least 4 members (excludes halogenated alkanes) is 1. The summed E-state index contributed by atoms with van der Waals surface area (Å²) in [5.41, 5.74) is 11.5. The standard InChI is InChI=1S/C25H38N6O5/c1-2-3-15-36-25(35)30-20(16-18-9-5-4-6-10-18)23(34)31-14-8-12-21(31)22(33)29-19(17-32)11-7-13-28-24(26)27/h4-6,9-10,17,19-21H,2-3,7-8,11-16H2,1H3,(H,29,33)(H,30,35)(H4,26,27,28)/t19-,20+,21-/m0/s1. The van der Waals surface area contributed by atoms with Gasteiger partial charge >= 0.3 is 6.09 Å². The molecule has 0 aromatic heterocycles. The summed E-state index contributed by atoms with van der Waals surface area (Å²) in [4.78, 5) is 55.7. The minimum absolute atomic E-state index is 0.0327. The Hall–Kier alpha value is -3.63. The number of aldehydes is 1. The van der Waals surface area contributed by atoms with Crippen LogP contribution in [0.3, 0.4) is 0 Å². The van der Waals surface area contributed by atoms with E-state index in [1.807, 2.05) is 37.3 Å². The summed E-state index contributed by atoms with van der Waals surface area (Å²) in [6.45, 7) is 2.98. The molecular weight excluding hydrogens is 464 g/mol. The molecule has 1 fully saturated rings. The van der Waals surface area contributed by atoms with E-state index in [1.54, 1.807) is 0 Å². The predicted octanol–water partition coefficient (Wildman–Crippen LogP) is 0.852. The van der Waals surface area contributed by atoms with E-state index in [0.717, 1.165) is 18.4 Å². The number of aliphatic imine (C=N–C) groups is 1. The smallest absolute Gasteiger partial charge is 0.407 e. The van der Waals surface area contributed by atoms with Crippen LogP contribution in [0, 0.1) is 0 Å². The van der Waals surface area contributed by atoms with Crippen LogP contribution >= 0.6 is 0 Å². The van der Waals surface area contributed by atoms with Gasteiger partial charge in [0.2, 0.25) is 11.8 Å². The molecule has 198 valence electrons. The van der Waals surface area contributed by atoms with Crippen molar-refractivity contribution in [3.63, 3.8) is 0 Å². The summed E-state index contributed by atoms with van der Waals surface area (Å²) in [5, 5.41) is 5.40. The highest BCUT2D eigenvalue weighted by molar-refractivity contribution is 5.92. The van der Waals surface area contributed by atoms with E-state index in [2.05, 4.69) is 15.6 Å². The van der Waals surface area contributed by atoms with Crippen LogP contribution < -0.4 is 22.1 Å². The maximum atomic E-state index is 13.5. The predicted molar refractivity (Wildman–Crippen MR) is 136 cm³/mol. The Bertz CT molecular complexity index is 890. The van der Waals surface area contributed by atoms with Gasteiger partial charge < -0.3 is 36.5 Å². The van der Waals surface area contributed by atoms with Crippen molar-refractivity contribution in [1.82, 2.24) is 15.5 Å². The van der Waals surface area contributed by atoms with Gasteiger partial charge in [0.25, 0.3) is 0 Å². The third-order valence-electron chi connectivity index (χ3n) is 5.90. The van der Waals surface area contributed by atoms with Crippen molar-refractivity contribution in [3.05, 3.63) is 35.9 Å². The lowest BCUT2D eigenvalue weighted by molar-refractivity contribution is -0.140. The largest absolute Gasteiger partial charge is 0.450 e. The second kappa shape index (κ2) is 15.4. The van der Waals surface area contributed by atoms with Crippen LogP contribution in [-0.4, -0.2) is 72.9 Å². The van der Waals surface area contributed by atoms with E-state index < -0.39 is 30.1 Å². The first-order valence-corrected chi connectivity index (χ1v) is 12.4. The molecule has 1 aliphatic rings. The van der Waals surface area contributed by atoms with Gasteiger partial charge in [0, 0.05) is 19.5 Å². The normalized spacial score (nSPS) is 16.5. The first kappa shape index (κ1) is 28.6. The average Bonchev–Trinajstić information content (AvgIpc) is 3.36. The number of likely N-dealkylation sites (tertiary alicyclic amines) is 1. The van der Waals surface area contributed by atoms with Gasteiger partial charge in [-0.2, -0.15) is 0 Å². The second-order valence-electron chi connectivity index (χ2n) is 8.77. The van der Waals surface area contributed by atoms with E-state index in [4.69, 9.17) is 16.2 Å². The van der Waals surface area contributed by atoms with E-state index in [9.17, 15) is 19.2 Å². The SMILES string of the molecule is CCCCOC(=O)N[C@H](Cc1ccccc1)C(=O)N1CCC[C@H]1C(=O)N[C@H](C=O)CCCN=C(N)N. The fraction of sp³-hybridized carbons (Fsp3) is 0.560. The summed E-state index contributed by atoms with van der Waals surface area (Å²) in [7, 11) is 0. The number of carbonyl (C=O) groups excluding carboxylic acids is 4. The number of carbonyl (C=O) groups is 4. The number of benzene rings is 1. The molecular formula is C25H38N6O5. The van der Waals surface area contributed by atoms with Crippen molar-refractivity contribution < 1.29 is 23.9 Å². The highest BCUT2D eigenvalue weighted by Gasteiger charge is 2.38. The molecule has 1 aliphatic heterocycles. The van der Waals surface area contributed by atoms with Crippen LogP contribution in [0.1, 0.15) is 51.0 Å². The molecule has 1 aromatic rings. The maximum Gasteiger partial charge on any atom is 0.407 e. The molecule has 1 heterocycles. The molecule has 0 aliphatic carbocycles. The fourth-order valence-corrected chi connectivity index (χ4v) is 4.02. The van der Waals surface area contributed by atoms with Crippen molar-refractivity contribution in [3.8, 4) is 0 Å². The van der Waals surface area contributed by atoms with Crippen LogP contribution in [-0.2, 0) is 25.5 Å². The summed E-state index contributed by atoms with van der Waals surface area (Å²) in [5.74, 6) is -0.794. The molecule has 2 rings (SSSR count). The van der Waals surface area contributed by atoms with Crippen LogP contribution in [0.4, 0.5) is 4.79 Å². The van der Waals surface area contributed by atoms with E-state index in [0.29, 0.717) is 45.1 Å². The lowest BCUT2D eigenvalue weighted by Crippen LogP contribution is -2.55. The molecule has 6 N–H and O–H groups in total. The monoisotopic (exact) mass is 502 g/mol. The Balaban J connectivity index is 2.06. The molecule has 11 nitrogen and oxygen atoms in total. The average molecular weight is 503 g/mol. The quantitative estimate of drug-likeness (QED) is 0.126. The number of rotatable bonds is 14. The molecule has 1 aromatic carbocycles. The number of amides is 3. The number of ether oxygens (including phenoxy) is 1. The minimum Gasteiger partial charge on any atom is -0.450 e. The van der Waals surface area contributed by atoms with Gasteiger partial charge in [0.1, 0.15) is 18.4 Å². The lowest BCUT2D eigenvalue weighted by atomic mass is 10.0. The summed E-state index contributed by atoms with van der Waals surface area (Å²) in [6, 6.07) is 6.99. The minimum atomic E-state index is -0.892. The molecule has 0 spiro atoms. The Morgan fingerprint density at radius 2 is 1.94 bits per heavy atom. The van der Waals surface area contributed by atoms with Crippen LogP contribution in [0.25, 0.3) is 0 Å². The summed E-state index contributed by atoms with van der Waals surface area (Å²) < 4.78 is 5.20. The van der Waals surface area contributed by atoms with E-state index >= 15 is 0 Å². The molecule has 0 saturated carbocycles. The van der Waals surface area contributed by atoms with Crippen LogP contribution in [0.5, 0.6) is 0 Å². The Kier molecular flexibility index (Phi) is 12.2. The molecule has 1 saturated heterocycles. The highest BCUT2D eigenvalue weighted by atomic mass is 16.5. The van der Waals surface area contributed by atoms with Gasteiger partial charge in [0.15, 0.2) is 5.96 Å². The number of nitrogens with two attached hydrogens (primary N) is 2. The zero-order valence-electron chi connectivity index (χ0n) is 20.9. The summed E-state index contributed by atoms with van der Waals surface area (Å²) >= 11 is 0. The van der Waals surface area contributed by atoms with Crippen molar-refractivity contribution in [2.75, 3.05) is 19.7 Å². The third kappa shape index (κ3) is 9.55. The maximum absolute atomic E-state index is 13.5. The first-order chi connectivity index (χ1) is 17.3. The molecule has 0 unspecified atom stereocenters. The Morgan fingerprint density at radius 1 is 1.19 bits per heavy atom. The first-order valence-electron chi connectivity index (χ1n) is 12.4. The molecule has 36 heavy (non-hydrogen) atoms. The van der Waals surface area contributed by atoms with Crippen LogP contribution in [0.2, 0.25) is 0 Å². The molecule has 0 radical (unpaired) electrons. The fourth-order valence-electron chi connectivity index (χ4n) is 4.02. The molecule has 3 atom stereocenters. The summed E-state index contributed by atoms with van der Waals surface area (Å²) in [6.07, 6.45) is 3.85. The number of hydrogen-bond donors (Lipinski definition) is 4. The molecule has 3 amide bonds. The topological polar surface area (TPSA) is 169 Å². The van der Waals surface area contributed by atoms with Gasteiger partial charge in [-0.05, 0) is 37.7 Å². The van der Waals surface area contributed by atoms with Crippen LogP contribution in [0.15, 0.2) is 35.3 Å². The molecule has 11 heteroatoms. The van der Waals surface area contributed by atoms with Gasteiger partial charge in [0.05, 0.1) is 12.6 Å². The highest BCUT2D eigenvalue weighted by Crippen LogP contribution is 2.20. The Labute approximate surface area is 212 Å². The van der Waals surface area contributed by atoms with E-state index in [1.165, 1.54) is 4.90 Å². The zero-order valence-corrected chi connectivity index (χ0v) is 20.9. The van der Waals surface area contributed by atoms with Crippen molar-refractivity contribution in [2.45, 2.75) is 70.0 Å². The van der Waals surface area contributed by atoms with Crippen molar-refractivity contribution in [2.24, 2.45) is 16.5 Å². The number of nitrogens with one attached hydrogen (secondary N) is 2. The number of hydrogen-bond acceptors (Lipinski definition) is 6. The van der Waals surface area contributed by atoms with Gasteiger partial charge in [-0.15, -0.1) is 0 Å². The number of guanidine groups is 1. The van der Waals surface area contributed by atoms with Gasteiger partial charge in [-0.3, -0.25) is 14.6 Å². The van der Waals surface area contributed by atoms with Gasteiger partial charge in [-0.1, -0.05) is 43.7 Å². The molecule has 0 bridgehead atoms.